The molecule has 0 amide bonds. The molecule has 2 fully saturated rings. The third kappa shape index (κ3) is 3.76. The van der Waals surface area contributed by atoms with E-state index in [-0.39, 0.29) is 0 Å². The second kappa shape index (κ2) is 6.30. The number of hydrogen-bond donors (Lipinski definition) is 1. The maximum atomic E-state index is 11.1. The Morgan fingerprint density at radius 2 is 2.18 bits per heavy atom. The number of piperidine rings is 1. The lowest BCUT2D eigenvalue weighted by Gasteiger charge is -2.33. The van der Waals surface area contributed by atoms with Gasteiger partial charge >= 0.3 is 0 Å². The van der Waals surface area contributed by atoms with E-state index in [0.717, 1.165) is 18.2 Å². The van der Waals surface area contributed by atoms with E-state index >= 15 is 0 Å². The Kier molecular flexibility index (Phi) is 5.00. The van der Waals surface area contributed by atoms with E-state index < -0.39 is 10.8 Å². The molecule has 4 atom stereocenters. The first-order valence-electron chi connectivity index (χ1n) is 6.97. The summed E-state index contributed by atoms with van der Waals surface area (Å²) in [5, 5.41) is 3.76. The van der Waals surface area contributed by atoms with Gasteiger partial charge < -0.3 is 5.32 Å². The van der Waals surface area contributed by atoms with Crippen molar-refractivity contribution in [1.82, 2.24) is 10.2 Å². The number of nitrogens with zero attached hydrogens (tertiary/aromatic N) is 1. The molecule has 0 radical (unpaired) electrons. The van der Waals surface area contributed by atoms with Gasteiger partial charge in [0.25, 0.3) is 0 Å². The highest BCUT2D eigenvalue weighted by Crippen LogP contribution is 2.27. The van der Waals surface area contributed by atoms with Crippen LogP contribution < -0.4 is 5.32 Å². The van der Waals surface area contributed by atoms with Gasteiger partial charge in [-0.05, 0) is 39.2 Å². The van der Waals surface area contributed by atoms with Gasteiger partial charge in [-0.3, -0.25) is 9.11 Å². The Morgan fingerprint density at radius 3 is 2.94 bits per heavy atom. The largest absolute Gasteiger partial charge is 0.310 e. The lowest BCUT2D eigenvalue weighted by molar-refractivity contribution is 0.177. The first kappa shape index (κ1) is 13.5. The van der Waals surface area contributed by atoms with Crippen LogP contribution in [0.2, 0.25) is 0 Å². The molecular formula is C13H26N2OS. The van der Waals surface area contributed by atoms with Crippen LogP contribution in [-0.4, -0.2) is 52.3 Å². The third-order valence-electron chi connectivity index (χ3n) is 4.19. The fourth-order valence-corrected chi connectivity index (χ4v) is 3.92. The van der Waals surface area contributed by atoms with Crippen molar-refractivity contribution in [3.05, 3.63) is 0 Å². The van der Waals surface area contributed by atoms with Gasteiger partial charge in [0.2, 0.25) is 0 Å². The smallest absolute Gasteiger partial charge is 0.0249 e. The highest BCUT2D eigenvalue weighted by molar-refractivity contribution is 7.84. The van der Waals surface area contributed by atoms with Crippen molar-refractivity contribution < 1.29 is 4.21 Å². The van der Waals surface area contributed by atoms with E-state index in [1.165, 1.54) is 38.8 Å². The lowest BCUT2D eigenvalue weighted by atomic mass is 9.98. The minimum Gasteiger partial charge on any atom is -0.310 e. The minimum atomic E-state index is -0.648. The molecule has 2 rings (SSSR count). The molecule has 2 heterocycles. The Labute approximate surface area is 108 Å². The van der Waals surface area contributed by atoms with Gasteiger partial charge in [-0.2, -0.15) is 0 Å². The van der Waals surface area contributed by atoms with Crippen LogP contribution in [0.4, 0.5) is 0 Å². The maximum Gasteiger partial charge on any atom is 0.0249 e. The fraction of sp³-hybridized carbons (Fsp3) is 1.00. The number of rotatable bonds is 5. The summed E-state index contributed by atoms with van der Waals surface area (Å²) in [6, 6.07) is 1.96. The Hall–Kier alpha value is 0.0700. The van der Waals surface area contributed by atoms with Crippen LogP contribution in [0.1, 0.15) is 39.0 Å². The van der Waals surface area contributed by atoms with E-state index in [1.54, 1.807) is 6.26 Å². The van der Waals surface area contributed by atoms with Crippen LogP contribution >= 0.6 is 0 Å². The molecule has 4 unspecified atom stereocenters. The van der Waals surface area contributed by atoms with Gasteiger partial charge in [0.15, 0.2) is 0 Å². The van der Waals surface area contributed by atoms with E-state index in [9.17, 15) is 4.21 Å². The fourth-order valence-electron chi connectivity index (χ4n) is 3.23. The van der Waals surface area contributed by atoms with Gasteiger partial charge in [-0.1, -0.05) is 6.42 Å². The average molecular weight is 258 g/mol. The average Bonchev–Trinajstić information content (AvgIpc) is 2.70. The van der Waals surface area contributed by atoms with Crippen LogP contribution in [0.5, 0.6) is 0 Å². The quantitative estimate of drug-likeness (QED) is 0.808. The molecule has 17 heavy (non-hydrogen) atoms. The van der Waals surface area contributed by atoms with Crippen molar-refractivity contribution in [1.29, 1.82) is 0 Å². The molecule has 0 aliphatic carbocycles. The number of hydrogen-bond acceptors (Lipinski definition) is 3. The van der Waals surface area contributed by atoms with E-state index in [2.05, 4.69) is 17.1 Å². The zero-order chi connectivity index (χ0) is 12.3. The van der Waals surface area contributed by atoms with Crippen molar-refractivity contribution in [3.8, 4) is 0 Å². The van der Waals surface area contributed by atoms with Crippen molar-refractivity contribution in [2.75, 3.05) is 25.1 Å². The number of nitrogens with one attached hydrogen (secondary N) is 1. The first-order valence-corrected chi connectivity index (χ1v) is 8.69. The lowest BCUT2D eigenvalue weighted by Crippen LogP contribution is -2.47. The van der Waals surface area contributed by atoms with Gasteiger partial charge in [0.05, 0.1) is 0 Å². The second-order valence-electron chi connectivity index (χ2n) is 5.63. The summed E-state index contributed by atoms with van der Waals surface area (Å²) < 4.78 is 11.1. The zero-order valence-electron chi connectivity index (χ0n) is 11.2. The molecule has 0 spiro atoms. The molecule has 0 bridgehead atoms. The van der Waals surface area contributed by atoms with Crippen molar-refractivity contribution >= 4 is 10.8 Å². The van der Waals surface area contributed by atoms with Crippen LogP contribution in [-0.2, 0) is 10.8 Å². The van der Waals surface area contributed by atoms with Gasteiger partial charge in [0, 0.05) is 47.5 Å². The van der Waals surface area contributed by atoms with E-state index in [4.69, 9.17) is 0 Å². The Morgan fingerprint density at radius 1 is 1.35 bits per heavy atom. The molecule has 1 N–H and O–H groups in total. The van der Waals surface area contributed by atoms with Crippen molar-refractivity contribution in [2.45, 2.75) is 57.2 Å². The summed E-state index contributed by atoms with van der Waals surface area (Å²) in [5.41, 5.74) is 0. The summed E-state index contributed by atoms with van der Waals surface area (Å²) in [5.74, 6) is 0.829. The molecule has 2 saturated heterocycles. The predicted octanol–water partition coefficient (Wildman–Crippen LogP) is 1.36. The highest BCUT2D eigenvalue weighted by atomic mass is 32.2. The summed E-state index contributed by atoms with van der Waals surface area (Å²) >= 11 is 0. The molecule has 4 heteroatoms. The predicted molar refractivity (Wildman–Crippen MR) is 73.8 cm³/mol. The SMILES string of the molecule is CC(CCS(C)=O)NC1CCN2CCCCC12. The van der Waals surface area contributed by atoms with Crippen LogP contribution in [0, 0.1) is 0 Å². The Balaban J connectivity index is 1.76. The highest BCUT2D eigenvalue weighted by Gasteiger charge is 2.35. The topological polar surface area (TPSA) is 32.3 Å². The van der Waals surface area contributed by atoms with E-state index in [0.29, 0.717) is 12.1 Å². The van der Waals surface area contributed by atoms with Crippen LogP contribution in [0.15, 0.2) is 0 Å². The monoisotopic (exact) mass is 258 g/mol. The van der Waals surface area contributed by atoms with Gasteiger partial charge in [-0.15, -0.1) is 0 Å². The van der Waals surface area contributed by atoms with Crippen LogP contribution in [0.3, 0.4) is 0 Å². The molecule has 3 nitrogen and oxygen atoms in total. The molecule has 2 aliphatic heterocycles. The molecule has 0 saturated carbocycles. The van der Waals surface area contributed by atoms with Crippen molar-refractivity contribution in [2.24, 2.45) is 0 Å². The first-order chi connectivity index (χ1) is 8.16. The molecule has 2 aliphatic rings. The van der Waals surface area contributed by atoms with Gasteiger partial charge in [-0.25, -0.2) is 0 Å². The zero-order valence-corrected chi connectivity index (χ0v) is 12.0. The normalized spacial score (nSPS) is 33.3. The second-order valence-corrected chi connectivity index (χ2v) is 7.18. The third-order valence-corrected chi connectivity index (χ3v) is 5.00. The molecule has 0 aromatic heterocycles. The number of fused-ring (bicyclic) bond motifs is 1. The maximum absolute atomic E-state index is 11.1. The molecule has 0 aromatic carbocycles. The summed E-state index contributed by atoms with van der Waals surface area (Å²) in [4.78, 5) is 2.66. The molecule has 0 aromatic rings. The molecular weight excluding hydrogens is 232 g/mol. The van der Waals surface area contributed by atoms with Gasteiger partial charge in [0.1, 0.15) is 0 Å². The molecule has 100 valence electrons. The summed E-state index contributed by atoms with van der Waals surface area (Å²) in [7, 11) is -0.648. The van der Waals surface area contributed by atoms with E-state index in [1.807, 2.05) is 0 Å². The Bertz CT molecular complexity index is 272. The standard InChI is InChI=1S/C13H26N2OS/c1-11(7-10-17(2)16)14-12-6-9-15-8-4-3-5-13(12)15/h11-14H,3-10H2,1-2H3. The minimum absolute atomic E-state index is 0.505. The summed E-state index contributed by atoms with van der Waals surface area (Å²) in [6.45, 7) is 4.81. The summed E-state index contributed by atoms with van der Waals surface area (Å²) in [6.07, 6.45) is 8.27. The van der Waals surface area contributed by atoms with Crippen LogP contribution in [0.25, 0.3) is 0 Å². The van der Waals surface area contributed by atoms with Crippen molar-refractivity contribution in [3.63, 3.8) is 0 Å².